The van der Waals surface area contributed by atoms with Gasteiger partial charge >= 0.3 is 5.97 Å². The molecule has 2 aromatic rings. The number of hydrogen-bond donors (Lipinski definition) is 1. The molecule has 0 amide bonds. The van der Waals surface area contributed by atoms with Gasteiger partial charge in [-0.2, -0.15) is 0 Å². The zero-order chi connectivity index (χ0) is 15.2. The number of thiazole rings is 1. The van der Waals surface area contributed by atoms with Crippen molar-refractivity contribution in [2.75, 3.05) is 0 Å². The maximum Gasteiger partial charge on any atom is 0.308 e. The molecule has 5 heteroatoms. The smallest absolute Gasteiger partial charge is 0.308 e. The number of hydrogen-bond acceptors (Lipinski definition) is 4. The van der Waals surface area contributed by atoms with Crippen LogP contribution < -0.4 is 4.74 Å². The maximum absolute atomic E-state index is 10.9. The van der Waals surface area contributed by atoms with Gasteiger partial charge in [0.25, 0.3) is 0 Å². The molecular weight excluding hydrogens is 286 g/mol. The molecule has 0 unspecified atom stereocenters. The Balaban J connectivity index is 2.09. The van der Waals surface area contributed by atoms with E-state index in [1.165, 1.54) is 11.3 Å². The molecule has 0 spiro atoms. The van der Waals surface area contributed by atoms with E-state index in [-0.39, 0.29) is 6.42 Å². The summed E-state index contributed by atoms with van der Waals surface area (Å²) in [7, 11) is 0. The van der Waals surface area contributed by atoms with Crippen LogP contribution >= 0.6 is 11.3 Å². The highest BCUT2D eigenvalue weighted by Crippen LogP contribution is 2.24. The van der Waals surface area contributed by atoms with E-state index in [0.29, 0.717) is 6.61 Å². The van der Waals surface area contributed by atoms with Gasteiger partial charge in [-0.3, -0.25) is 4.79 Å². The quantitative estimate of drug-likeness (QED) is 0.851. The first-order valence-corrected chi connectivity index (χ1v) is 7.85. The number of carboxylic acid groups (broad SMARTS) is 1. The van der Waals surface area contributed by atoms with Gasteiger partial charge in [-0.15, -0.1) is 11.3 Å². The van der Waals surface area contributed by atoms with Gasteiger partial charge in [-0.05, 0) is 24.5 Å². The first-order chi connectivity index (χ1) is 10.1. The molecule has 1 N–H and O–H groups in total. The number of benzene rings is 1. The van der Waals surface area contributed by atoms with Crippen LogP contribution in [0.1, 0.15) is 35.0 Å². The Morgan fingerprint density at radius 1 is 1.29 bits per heavy atom. The summed E-state index contributed by atoms with van der Waals surface area (Å²) in [6.45, 7) is 4.46. The molecule has 0 saturated heterocycles. The summed E-state index contributed by atoms with van der Waals surface area (Å²) in [5.41, 5.74) is 2.03. The van der Waals surface area contributed by atoms with Gasteiger partial charge in [0.05, 0.1) is 12.1 Å². The number of aryl methyl sites for hydroxylation is 2. The van der Waals surface area contributed by atoms with E-state index >= 15 is 0 Å². The van der Waals surface area contributed by atoms with Crippen molar-refractivity contribution in [3.8, 4) is 5.75 Å². The standard InChI is InChI=1S/C16H19NO3S/c1-3-11-7-5-6-8-13(11)20-10-15-17-12(4-2)14(21-15)9-16(18)19/h5-8H,3-4,9-10H2,1-2H3,(H,18,19). The lowest BCUT2D eigenvalue weighted by Crippen LogP contribution is -2.00. The van der Waals surface area contributed by atoms with E-state index < -0.39 is 5.97 Å². The molecule has 0 fully saturated rings. The van der Waals surface area contributed by atoms with Crippen molar-refractivity contribution in [3.63, 3.8) is 0 Å². The van der Waals surface area contributed by atoms with E-state index in [9.17, 15) is 4.79 Å². The number of rotatable bonds is 7. The van der Waals surface area contributed by atoms with Crippen molar-refractivity contribution < 1.29 is 14.6 Å². The number of nitrogens with zero attached hydrogens (tertiary/aromatic N) is 1. The molecule has 112 valence electrons. The van der Waals surface area contributed by atoms with Crippen LogP contribution in [0.4, 0.5) is 0 Å². The van der Waals surface area contributed by atoms with Crippen molar-refractivity contribution in [3.05, 3.63) is 45.4 Å². The van der Waals surface area contributed by atoms with Crippen LogP contribution in [0.2, 0.25) is 0 Å². The van der Waals surface area contributed by atoms with E-state index in [1.807, 2.05) is 31.2 Å². The van der Waals surface area contributed by atoms with Gasteiger partial charge < -0.3 is 9.84 Å². The lowest BCUT2D eigenvalue weighted by atomic mass is 10.1. The summed E-state index contributed by atoms with van der Waals surface area (Å²) in [5, 5.41) is 9.75. The third-order valence-electron chi connectivity index (χ3n) is 3.17. The average Bonchev–Trinajstić information content (AvgIpc) is 2.86. The Morgan fingerprint density at radius 3 is 2.71 bits per heavy atom. The number of aliphatic carboxylic acids is 1. The topological polar surface area (TPSA) is 59.4 Å². The molecular formula is C16H19NO3S. The number of aromatic nitrogens is 1. The second kappa shape index (κ2) is 7.22. The minimum absolute atomic E-state index is 0.0341. The lowest BCUT2D eigenvalue weighted by Gasteiger charge is -2.08. The zero-order valence-corrected chi connectivity index (χ0v) is 13.1. The minimum Gasteiger partial charge on any atom is -0.486 e. The van der Waals surface area contributed by atoms with E-state index in [0.717, 1.165) is 39.7 Å². The van der Waals surface area contributed by atoms with Crippen LogP contribution in [0.15, 0.2) is 24.3 Å². The molecule has 4 nitrogen and oxygen atoms in total. The first kappa shape index (κ1) is 15.5. The lowest BCUT2D eigenvalue weighted by molar-refractivity contribution is -0.136. The van der Waals surface area contributed by atoms with Crippen molar-refractivity contribution in [1.82, 2.24) is 4.98 Å². The highest BCUT2D eigenvalue weighted by atomic mass is 32.1. The fraction of sp³-hybridized carbons (Fsp3) is 0.375. The SMILES string of the molecule is CCc1ccccc1OCc1nc(CC)c(CC(=O)O)s1. The Morgan fingerprint density at radius 2 is 2.05 bits per heavy atom. The fourth-order valence-corrected chi connectivity index (χ4v) is 3.19. The molecule has 0 aliphatic heterocycles. The molecule has 0 atom stereocenters. The summed E-state index contributed by atoms with van der Waals surface area (Å²) >= 11 is 1.43. The van der Waals surface area contributed by atoms with Crippen molar-refractivity contribution in [2.45, 2.75) is 39.7 Å². The average molecular weight is 305 g/mol. The van der Waals surface area contributed by atoms with E-state index in [2.05, 4.69) is 11.9 Å². The Kier molecular flexibility index (Phi) is 5.33. The number of carboxylic acids is 1. The summed E-state index contributed by atoms with van der Waals surface area (Å²) in [6, 6.07) is 7.94. The molecule has 0 radical (unpaired) electrons. The van der Waals surface area contributed by atoms with Gasteiger partial charge in [-0.25, -0.2) is 4.98 Å². The van der Waals surface area contributed by atoms with Crippen LogP contribution in [-0.4, -0.2) is 16.1 Å². The largest absolute Gasteiger partial charge is 0.486 e. The molecule has 0 saturated carbocycles. The highest BCUT2D eigenvalue weighted by molar-refractivity contribution is 7.11. The van der Waals surface area contributed by atoms with Crippen molar-refractivity contribution >= 4 is 17.3 Å². The van der Waals surface area contributed by atoms with Crippen LogP contribution in [-0.2, 0) is 30.7 Å². The molecule has 21 heavy (non-hydrogen) atoms. The second-order valence-corrected chi connectivity index (χ2v) is 5.82. The van der Waals surface area contributed by atoms with Gasteiger partial charge in [0.2, 0.25) is 0 Å². The number of carbonyl (C=O) groups is 1. The van der Waals surface area contributed by atoms with Crippen LogP contribution in [0.25, 0.3) is 0 Å². The highest BCUT2D eigenvalue weighted by Gasteiger charge is 2.13. The van der Waals surface area contributed by atoms with Gasteiger partial charge in [-0.1, -0.05) is 32.0 Å². The normalized spacial score (nSPS) is 10.6. The van der Waals surface area contributed by atoms with Crippen molar-refractivity contribution in [2.24, 2.45) is 0 Å². The summed E-state index contributed by atoms with van der Waals surface area (Å²) in [5.74, 6) is 0.0465. The molecule has 1 aromatic carbocycles. The summed E-state index contributed by atoms with van der Waals surface area (Å²) < 4.78 is 5.83. The van der Waals surface area contributed by atoms with E-state index in [4.69, 9.17) is 9.84 Å². The van der Waals surface area contributed by atoms with Crippen LogP contribution in [0.3, 0.4) is 0 Å². The van der Waals surface area contributed by atoms with Crippen molar-refractivity contribution in [1.29, 1.82) is 0 Å². The molecule has 0 bridgehead atoms. The summed E-state index contributed by atoms with van der Waals surface area (Å²) in [6.07, 6.45) is 1.69. The Hall–Kier alpha value is -1.88. The Labute approximate surface area is 128 Å². The molecule has 0 aliphatic rings. The fourth-order valence-electron chi connectivity index (χ4n) is 2.13. The third kappa shape index (κ3) is 4.04. The summed E-state index contributed by atoms with van der Waals surface area (Å²) in [4.78, 5) is 16.2. The monoisotopic (exact) mass is 305 g/mol. The maximum atomic E-state index is 10.9. The molecule has 2 rings (SSSR count). The zero-order valence-electron chi connectivity index (χ0n) is 12.3. The van der Waals surface area contributed by atoms with Crippen LogP contribution in [0.5, 0.6) is 5.75 Å². The predicted molar refractivity (Wildman–Crippen MR) is 83.0 cm³/mol. The van der Waals surface area contributed by atoms with Gasteiger partial charge in [0, 0.05) is 4.88 Å². The predicted octanol–water partition coefficient (Wildman–Crippen LogP) is 3.47. The van der Waals surface area contributed by atoms with Crippen LogP contribution in [0, 0.1) is 0 Å². The third-order valence-corrected chi connectivity index (χ3v) is 4.24. The molecule has 0 aliphatic carbocycles. The van der Waals surface area contributed by atoms with E-state index in [1.54, 1.807) is 0 Å². The second-order valence-electron chi connectivity index (χ2n) is 4.65. The molecule has 1 aromatic heterocycles. The Bertz CT molecular complexity index is 622. The number of para-hydroxylation sites is 1. The first-order valence-electron chi connectivity index (χ1n) is 7.04. The van der Waals surface area contributed by atoms with Gasteiger partial charge in [0.15, 0.2) is 0 Å². The minimum atomic E-state index is -0.822. The molecule has 1 heterocycles. The van der Waals surface area contributed by atoms with Gasteiger partial charge in [0.1, 0.15) is 17.4 Å². The number of ether oxygens (including phenoxy) is 1.